The second-order valence-electron chi connectivity index (χ2n) is 6.99. The monoisotopic (exact) mass is 372 g/mol. The number of amides is 2. The fourth-order valence-corrected chi connectivity index (χ4v) is 3.15. The summed E-state index contributed by atoms with van der Waals surface area (Å²) in [6.07, 6.45) is 1.56. The summed E-state index contributed by atoms with van der Waals surface area (Å²) in [6.45, 7) is 8.13. The summed E-state index contributed by atoms with van der Waals surface area (Å²) in [5.74, 6) is -0.473. The van der Waals surface area contributed by atoms with Crippen molar-refractivity contribution in [1.82, 2.24) is 9.88 Å². The molecule has 1 saturated heterocycles. The number of hydrogen-bond donors (Lipinski definition) is 2. The normalized spacial score (nSPS) is 20.3. The fraction of sp³-hybridized carbons (Fsp3) is 0.400. The molecule has 2 N–H and O–H groups in total. The molecule has 2 atom stereocenters. The molecule has 27 heavy (non-hydrogen) atoms. The van der Waals surface area contributed by atoms with Crippen molar-refractivity contribution in [3.05, 3.63) is 53.6 Å². The average Bonchev–Trinajstić information content (AvgIpc) is 2.63. The van der Waals surface area contributed by atoms with Crippen molar-refractivity contribution in [3.8, 4) is 0 Å². The number of halogens is 1. The molecular weight excluding hydrogens is 347 g/mol. The Balaban J connectivity index is 1.67. The topological polar surface area (TPSA) is 66.5 Å². The molecule has 0 radical (unpaired) electrons. The first-order chi connectivity index (χ1) is 12.9. The van der Waals surface area contributed by atoms with E-state index in [1.54, 1.807) is 30.5 Å². The van der Waals surface area contributed by atoms with Crippen molar-refractivity contribution in [2.75, 3.05) is 23.8 Å². The van der Waals surface area contributed by atoms with E-state index in [1.165, 1.54) is 6.07 Å². The molecule has 0 aliphatic carbocycles. The number of nitrogens with one attached hydrogen (secondary N) is 2. The Bertz CT molecular complexity index is 787. The van der Waals surface area contributed by atoms with Crippen LogP contribution in [0.15, 0.2) is 36.5 Å². The Hall–Kier alpha value is -2.51. The van der Waals surface area contributed by atoms with Crippen LogP contribution in [0, 0.1) is 12.7 Å². The van der Waals surface area contributed by atoms with E-state index in [4.69, 9.17) is 4.74 Å². The number of aromatic nitrogens is 1. The van der Waals surface area contributed by atoms with E-state index < -0.39 is 11.8 Å². The summed E-state index contributed by atoms with van der Waals surface area (Å²) in [5.41, 5.74) is 2.49. The van der Waals surface area contributed by atoms with Gasteiger partial charge in [0.15, 0.2) is 0 Å². The second kappa shape index (κ2) is 8.45. The lowest BCUT2D eigenvalue weighted by Crippen LogP contribution is -2.48. The van der Waals surface area contributed by atoms with Gasteiger partial charge >= 0.3 is 6.03 Å². The smallest absolute Gasteiger partial charge is 0.323 e. The number of hydrogen-bond acceptors (Lipinski definition) is 4. The van der Waals surface area contributed by atoms with Gasteiger partial charge in [-0.1, -0.05) is 6.07 Å². The third-order valence-corrected chi connectivity index (χ3v) is 4.66. The van der Waals surface area contributed by atoms with E-state index in [9.17, 15) is 9.18 Å². The molecule has 1 aliphatic rings. The van der Waals surface area contributed by atoms with E-state index in [1.807, 2.05) is 6.92 Å². The molecule has 0 spiro atoms. The first kappa shape index (κ1) is 19.3. The minimum Gasteiger partial charge on any atom is -0.378 e. The van der Waals surface area contributed by atoms with Crippen LogP contribution in [-0.4, -0.2) is 41.2 Å². The number of carbonyl (C=O) groups is 1. The zero-order valence-electron chi connectivity index (χ0n) is 15.8. The van der Waals surface area contributed by atoms with Gasteiger partial charge < -0.3 is 15.4 Å². The van der Waals surface area contributed by atoms with E-state index in [0.29, 0.717) is 25.4 Å². The summed E-state index contributed by atoms with van der Waals surface area (Å²) >= 11 is 0. The van der Waals surface area contributed by atoms with Gasteiger partial charge in [0.05, 0.1) is 30.8 Å². The molecule has 2 amide bonds. The van der Waals surface area contributed by atoms with Crippen molar-refractivity contribution in [2.24, 2.45) is 0 Å². The number of carbonyl (C=O) groups excluding carboxylic acids is 1. The lowest BCUT2D eigenvalue weighted by atomic mass is 10.1. The number of anilines is 2. The summed E-state index contributed by atoms with van der Waals surface area (Å²) in [6, 6.07) is 8.41. The quantitative estimate of drug-likeness (QED) is 0.857. The number of benzene rings is 1. The first-order valence-corrected chi connectivity index (χ1v) is 9.05. The van der Waals surface area contributed by atoms with Crippen LogP contribution < -0.4 is 10.6 Å². The van der Waals surface area contributed by atoms with E-state index in [-0.39, 0.29) is 17.8 Å². The third kappa shape index (κ3) is 5.02. The number of pyridine rings is 1. The van der Waals surface area contributed by atoms with Gasteiger partial charge in [-0.05, 0) is 50.6 Å². The molecule has 6 nitrogen and oxygen atoms in total. The standard InChI is InChI=1S/C20H25FN4O2/c1-13-4-6-17(9-22-13)23-20(26)24-19-8-16(5-7-18(19)21)10-25-14(2)11-27-12-15(25)3/h4-9,14-15H,10-12H2,1-3H3,(H2,23,24,26)/t14-,15?/m0/s1. The van der Waals surface area contributed by atoms with Crippen LogP contribution >= 0.6 is 0 Å². The van der Waals surface area contributed by atoms with Gasteiger partial charge in [-0.2, -0.15) is 0 Å². The zero-order chi connectivity index (χ0) is 19.4. The number of aryl methyl sites for hydroxylation is 1. The molecular formula is C20H25FN4O2. The molecule has 1 fully saturated rings. The van der Waals surface area contributed by atoms with Gasteiger partial charge in [0, 0.05) is 24.3 Å². The molecule has 1 aliphatic heterocycles. The zero-order valence-corrected chi connectivity index (χ0v) is 15.8. The lowest BCUT2D eigenvalue weighted by Gasteiger charge is -2.38. The molecule has 1 unspecified atom stereocenters. The summed E-state index contributed by atoms with van der Waals surface area (Å²) < 4.78 is 19.7. The molecule has 2 aromatic rings. The summed E-state index contributed by atoms with van der Waals surface area (Å²) in [7, 11) is 0. The van der Waals surface area contributed by atoms with Crippen molar-refractivity contribution in [2.45, 2.75) is 39.4 Å². The van der Waals surface area contributed by atoms with Crippen LogP contribution in [0.5, 0.6) is 0 Å². The van der Waals surface area contributed by atoms with Crippen LogP contribution in [0.1, 0.15) is 25.1 Å². The minimum atomic E-state index is -0.509. The maximum absolute atomic E-state index is 14.2. The highest BCUT2D eigenvalue weighted by Gasteiger charge is 2.25. The van der Waals surface area contributed by atoms with Gasteiger partial charge in [0.1, 0.15) is 5.82 Å². The predicted octanol–water partition coefficient (Wildman–Crippen LogP) is 3.78. The predicted molar refractivity (Wildman–Crippen MR) is 103 cm³/mol. The van der Waals surface area contributed by atoms with Crippen LogP contribution in [0.4, 0.5) is 20.6 Å². The van der Waals surface area contributed by atoms with E-state index in [2.05, 4.69) is 34.4 Å². The number of morpholine rings is 1. The van der Waals surface area contributed by atoms with Crippen LogP contribution in [0.25, 0.3) is 0 Å². The molecule has 3 rings (SSSR count). The Labute approximate surface area is 158 Å². The molecule has 1 aromatic heterocycles. The first-order valence-electron chi connectivity index (χ1n) is 9.05. The lowest BCUT2D eigenvalue weighted by molar-refractivity contribution is -0.0409. The second-order valence-corrected chi connectivity index (χ2v) is 6.99. The van der Waals surface area contributed by atoms with Crippen molar-refractivity contribution < 1.29 is 13.9 Å². The number of ether oxygens (including phenoxy) is 1. The minimum absolute atomic E-state index is 0.152. The van der Waals surface area contributed by atoms with Crippen LogP contribution in [0.2, 0.25) is 0 Å². The number of nitrogens with zero attached hydrogens (tertiary/aromatic N) is 2. The average molecular weight is 372 g/mol. The van der Waals surface area contributed by atoms with Crippen molar-refractivity contribution in [1.29, 1.82) is 0 Å². The Kier molecular flexibility index (Phi) is 6.03. The number of urea groups is 1. The van der Waals surface area contributed by atoms with Gasteiger partial charge in [0.25, 0.3) is 0 Å². The third-order valence-electron chi connectivity index (χ3n) is 4.66. The SMILES string of the molecule is Cc1ccc(NC(=O)Nc2cc(CN3C(C)COC[C@@H]3C)ccc2F)cn1. The molecule has 1 aromatic carbocycles. The molecule has 2 heterocycles. The van der Waals surface area contributed by atoms with Gasteiger partial charge in [-0.25, -0.2) is 9.18 Å². The molecule has 7 heteroatoms. The van der Waals surface area contributed by atoms with Gasteiger partial charge in [-0.3, -0.25) is 9.88 Å². The van der Waals surface area contributed by atoms with E-state index in [0.717, 1.165) is 11.3 Å². The van der Waals surface area contributed by atoms with Crippen LogP contribution in [-0.2, 0) is 11.3 Å². The van der Waals surface area contributed by atoms with Crippen LogP contribution in [0.3, 0.4) is 0 Å². The number of rotatable bonds is 4. The van der Waals surface area contributed by atoms with Gasteiger partial charge in [0.2, 0.25) is 0 Å². The Morgan fingerprint density at radius 3 is 2.63 bits per heavy atom. The highest BCUT2D eigenvalue weighted by molar-refractivity contribution is 5.99. The maximum Gasteiger partial charge on any atom is 0.323 e. The highest BCUT2D eigenvalue weighted by atomic mass is 19.1. The molecule has 0 saturated carbocycles. The van der Waals surface area contributed by atoms with Crippen molar-refractivity contribution in [3.63, 3.8) is 0 Å². The molecule has 144 valence electrons. The van der Waals surface area contributed by atoms with Crippen molar-refractivity contribution >= 4 is 17.4 Å². The fourth-order valence-electron chi connectivity index (χ4n) is 3.15. The summed E-state index contributed by atoms with van der Waals surface area (Å²) in [5, 5.41) is 5.23. The molecule has 0 bridgehead atoms. The maximum atomic E-state index is 14.2. The highest BCUT2D eigenvalue weighted by Crippen LogP contribution is 2.21. The van der Waals surface area contributed by atoms with Gasteiger partial charge in [-0.15, -0.1) is 0 Å². The Morgan fingerprint density at radius 1 is 1.22 bits per heavy atom. The summed E-state index contributed by atoms with van der Waals surface area (Å²) in [4.78, 5) is 18.6. The largest absolute Gasteiger partial charge is 0.378 e. The van der Waals surface area contributed by atoms with E-state index >= 15 is 0 Å². The Morgan fingerprint density at radius 2 is 1.96 bits per heavy atom.